The summed E-state index contributed by atoms with van der Waals surface area (Å²) in [6.07, 6.45) is 2.63. The summed E-state index contributed by atoms with van der Waals surface area (Å²) in [5, 5.41) is 1.19. The average Bonchev–Trinajstić information content (AvgIpc) is 3.14. The van der Waals surface area contributed by atoms with Crippen molar-refractivity contribution in [1.29, 1.82) is 0 Å². The van der Waals surface area contributed by atoms with Gasteiger partial charge in [0.15, 0.2) is 0 Å². The molecule has 2 aliphatic rings. The second-order valence-corrected chi connectivity index (χ2v) is 8.89. The molecule has 0 aliphatic carbocycles. The van der Waals surface area contributed by atoms with Crippen molar-refractivity contribution in [1.82, 2.24) is 14.4 Å². The Balaban J connectivity index is 1.64. The fourth-order valence-electron chi connectivity index (χ4n) is 5.25. The monoisotopic (exact) mass is 430 g/mol. The molecule has 0 radical (unpaired) electrons. The van der Waals surface area contributed by atoms with Gasteiger partial charge in [-0.3, -0.25) is 9.59 Å². The van der Waals surface area contributed by atoms with Gasteiger partial charge in [-0.15, -0.1) is 0 Å². The summed E-state index contributed by atoms with van der Waals surface area (Å²) < 4.78 is 2.16. The standard InChI is InChI=1S/C26H30N4O2/c1-4-5-15-27(2)23(31)17-30-22-13-9-6-10-18(22)19-14-16-29-25(24(19)30)28(3)21-12-8-7-11-20(21)26(29)32/h6-13,25H,4-5,14-17H2,1-3H3. The molecule has 2 amide bonds. The maximum atomic E-state index is 13.4. The SMILES string of the molecule is CCCCN(C)C(=O)Cn1c2c(c3ccccc31)CCN1C(=O)c3ccccc3N(C)C21. The Kier molecular flexibility index (Phi) is 5.16. The molecule has 5 rings (SSSR count). The van der Waals surface area contributed by atoms with E-state index in [1.54, 1.807) is 0 Å². The molecule has 6 nitrogen and oxygen atoms in total. The van der Waals surface area contributed by atoms with Gasteiger partial charge in [-0.25, -0.2) is 0 Å². The zero-order valence-corrected chi connectivity index (χ0v) is 19.0. The fraction of sp³-hybridized carbons (Fsp3) is 0.385. The van der Waals surface area contributed by atoms with E-state index in [-0.39, 0.29) is 24.5 Å². The lowest BCUT2D eigenvalue weighted by atomic mass is 9.96. The van der Waals surface area contributed by atoms with Crippen LogP contribution in [0.2, 0.25) is 0 Å². The van der Waals surface area contributed by atoms with E-state index in [1.807, 2.05) is 47.2 Å². The molecular weight excluding hydrogens is 400 g/mol. The molecule has 0 N–H and O–H groups in total. The van der Waals surface area contributed by atoms with E-state index in [1.165, 1.54) is 10.9 Å². The van der Waals surface area contributed by atoms with Crippen LogP contribution in [0.25, 0.3) is 10.9 Å². The molecule has 0 fully saturated rings. The first-order chi connectivity index (χ1) is 15.5. The molecule has 1 aromatic heterocycles. The molecule has 6 heteroatoms. The number of hydrogen-bond acceptors (Lipinski definition) is 3. The number of likely N-dealkylation sites (N-methyl/N-ethyl adjacent to an activating group) is 1. The Bertz CT molecular complexity index is 1200. The average molecular weight is 431 g/mol. The lowest BCUT2D eigenvalue weighted by molar-refractivity contribution is -0.130. The fourth-order valence-corrected chi connectivity index (χ4v) is 5.25. The number of carbonyl (C=O) groups excluding carboxylic acids is 2. The van der Waals surface area contributed by atoms with Gasteiger partial charge in [0.2, 0.25) is 5.91 Å². The van der Waals surface area contributed by atoms with Crippen molar-refractivity contribution in [3.8, 4) is 0 Å². The molecule has 3 aromatic rings. The van der Waals surface area contributed by atoms with E-state index >= 15 is 0 Å². The largest absolute Gasteiger partial charge is 0.349 e. The minimum Gasteiger partial charge on any atom is -0.349 e. The Labute approximate surface area is 189 Å². The number of benzene rings is 2. The number of nitrogens with zero attached hydrogens (tertiary/aromatic N) is 4. The van der Waals surface area contributed by atoms with Gasteiger partial charge in [0.1, 0.15) is 12.7 Å². The van der Waals surface area contributed by atoms with E-state index in [9.17, 15) is 9.59 Å². The van der Waals surface area contributed by atoms with Crippen LogP contribution in [0.1, 0.15) is 47.5 Å². The molecule has 166 valence electrons. The highest BCUT2D eigenvalue weighted by molar-refractivity contribution is 6.02. The zero-order valence-electron chi connectivity index (χ0n) is 19.0. The van der Waals surface area contributed by atoms with E-state index in [4.69, 9.17) is 0 Å². The molecular formula is C26H30N4O2. The summed E-state index contributed by atoms with van der Waals surface area (Å²) in [6.45, 7) is 3.85. The molecule has 0 bridgehead atoms. The maximum Gasteiger partial charge on any atom is 0.257 e. The number of hydrogen-bond donors (Lipinski definition) is 0. The van der Waals surface area contributed by atoms with Gasteiger partial charge in [0, 0.05) is 38.1 Å². The van der Waals surface area contributed by atoms with Gasteiger partial charge in [-0.05, 0) is 36.6 Å². The van der Waals surface area contributed by atoms with Crippen LogP contribution in [0.5, 0.6) is 0 Å². The number of aromatic nitrogens is 1. The van der Waals surface area contributed by atoms with Gasteiger partial charge in [0.05, 0.1) is 16.9 Å². The molecule has 2 aromatic carbocycles. The number of carbonyl (C=O) groups is 2. The van der Waals surface area contributed by atoms with Crippen molar-refractivity contribution in [2.24, 2.45) is 0 Å². The summed E-state index contributed by atoms with van der Waals surface area (Å²) in [6, 6.07) is 16.1. The van der Waals surface area contributed by atoms with E-state index in [0.717, 1.165) is 48.3 Å². The molecule has 2 aliphatic heterocycles. The topological polar surface area (TPSA) is 48.8 Å². The minimum atomic E-state index is -0.220. The predicted molar refractivity (Wildman–Crippen MR) is 127 cm³/mol. The number of para-hydroxylation sites is 2. The van der Waals surface area contributed by atoms with Gasteiger partial charge >= 0.3 is 0 Å². The maximum absolute atomic E-state index is 13.4. The van der Waals surface area contributed by atoms with Gasteiger partial charge in [-0.1, -0.05) is 43.7 Å². The lowest BCUT2D eigenvalue weighted by Gasteiger charge is -2.46. The summed E-state index contributed by atoms with van der Waals surface area (Å²) >= 11 is 0. The Morgan fingerprint density at radius 1 is 1.12 bits per heavy atom. The number of fused-ring (bicyclic) bond motifs is 6. The Morgan fingerprint density at radius 2 is 1.88 bits per heavy atom. The highest BCUT2D eigenvalue weighted by atomic mass is 16.2. The lowest BCUT2D eigenvalue weighted by Crippen LogP contribution is -2.51. The van der Waals surface area contributed by atoms with Gasteiger partial charge in [0.25, 0.3) is 5.91 Å². The molecule has 3 heterocycles. The molecule has 1 atom stereocenters. The smallest absolute Gasteiger partial charge is 0.257 e. The third kappa shape index (κ3) is 3.08. The second kappa shape index (κ2) is 8.01. The summed E-state index contributed by atoms with van der Waals surface area (Å²) in [7, 11) is 3.93. The van der Waals surface area contributed by atoms with Crippen molar-refractivity contribution in [2.45, 2.75) is 38.9 Å². The minimum absolute atomic E-state index is 0.0672. The molecule has 32 heavy (non-hydrogen) atoms. The van der Waals surface area contributed by atoms with E-state index < -0.39 is 0 Å². The third-order valence-corrected chi connectivity index (χ3v) is 6.97. The summed E-state index contributed by atoms with van der Waals surface area (Å²) in [5.41, 5.74) is 5.07. The number of unbranched alkanes of at least 4 members (excludes halogenated alkanes) is 1. The van der Waals surface area contributed by atoms with Crippen molar-refractivity contribution >= 4 is 28.4 Å². The zero-order chi connectivity index (χ0) is 22.4. The summed E-state index contributed by atoms with van der Waals surface area (Å²) in [4.78, 5) is 32.5. The van der Waals surface area contributed by atoms with Crippen molar-refractivity contribution in [3.63, 3.8) is 0 Å². The van der Waals surface area contributed by atoms with Crippen LogP contribution in [-0.2, 0) is 17.8 Å². The molecule has 0 saturated heterocycles. The van der Waals surface area contributed by atoms with Crippen LogP contribution >= 0.6 is 0 Å². The van der Waals surface area contributed by atoms with E-state index in [2.05, 4.69) is 41.6 Å². The van der Waals surface area contributed by atoms with Gasteiger partial charge in [-0.2, -0.15) is 0 Å². The Morgan fingerprint density at radius 3 is 2.69 bits per heavy atom. The van der Waals surface area contributed by atoms with Crippen LogP contribution in [0, 0.1) is 0 Å². The third-order valence-electron chi connectivity index (χ3n) is 6.97. The van der Waals surface area contributed by atoms with Gasteiger partial charge < -0.3 is 19.3 Å². The molecule has 0 spiro atoms. The van der Waals surface area contributed by atoms with Crippen molar-refractivity contribution in [2.75, 3.05) is 32.1 Å². The molecule has 1 unspecified atom stereocenters. The Hall–Kier alpha value is -3.28. The van der Waals surface area contributed by atoms with Crippen LogP contribution in [0.4, 0.5) is 5.69 Å². The van der Waals surface area contributed by atoms with Crippen LogP contribution in [0.3, 0.4) is 0 Å². The van der Waals surface area contributed by atoms with Crippen LogP contribution < -0.4 is 4.90 Å². The van der Waals surface area contributed by atoms with Crippen molar-refractivity contribution < 1.29 is 9.59 Å². The predicted octanol–water partition coefficient (Wildman–Crippen LogP) is 4.05. The normalized spacial score (nSPS) is 17.2. The van der Waals surface area contributed by atoms with Crippen molar-refractivity contribution in [3.05, 3.63) is 65.4 Å². The number of anilines is 1. The second-order valence-electron chi connectivity index (χ2n) is 8.89. The highest BCUT2D eigenvalue weighted by Gasteiger charge is 2.42. The first kappa shape index (κ1) is 20.6. The number of amides is 2. The molecule has 0 saturated carbocycles. The number of rotatable bonds is 5. The summed E-state index contributed by atoms with van der Waals surface area (Å²) in [5.74, 6) is 0.168. The first-order valence-electron chi connectivity index (χ1n) is 11.5. The van der Waals surface area contributed by atoms with Crippen LogP contribution in [-0.4, -0.2) is 53.4 Å². The van der Waals surface area contributed by atoms with Crippen LogP contribution in [0.15, 0.2) is 48.5 Å². The first-order valence-corrected chi connectivity index (χ1v) is 11.5. The van der Waals surface area contributed by atoms with E-state index in [0.29, 0.717) is 6.54 Å². The quantitative estimate of drug-likeness (QED) is 0.614. The highest BCUT2D eigenvalue weighted by Crippen LogP contribution is 2.44.